The highest BCUT2D eigenvalue weighted by molar-refractivity contribution is 14.0. The van der Waals surface area contributed by atoms with Crippen molar-refractivity contribution in [1.29, 1.82) is 0 Å². The number of ether oxygens (including phenoxy) is 2. The first-order valence-corrected chi connectivity index (χ1v) is 10.1. The van der Waals surface area contributed by atoms with Crippen molar-refractivity contribution in [2.75, 3.05) is 40.3 Å². The highest BCUT2D eigenvalue weighted by atomic mass is 127. The molecule has 1 atom stereocenters. The molecule has 1 amide bonds. The minimum atomic E-state index is -0.0495. The molecule has 7 nitrogen and oxygen atoms in total. The lowest BCUT2D eigenvalue weighted by Crippen LogP contribution is -2.46. The number of piperidine rings is 1. The zero-order chi connectivity index (χ0) is 20.4. The Balaban J connectivity index is 0.00000420. The number of hydrogen-bond acceptors (Lipinski definition) is 4. The summed E-state index contributed by atoms with van der Waals surface area (Å²) in [5.74, 6) is 3.06. The molecule has 29 heavy (non-hydrogen) atoms. The molecule has 1 fully saturated rings. The number of likely N-dealkylation sites (tertiary alicyclic amines) is 1. The molecule has 2 N–H and O–H groups in total. The van der Waals surface area contributed by atoms with E-state index in [1.807, 2.05) is 31.2 Å². The van der Waals surface area contributed by atoms with Gasteiger partial charge in [0.15, 0.2) is 5.96 Å². The zero-order valence-corrected chi connectivity index (χ0v) is 20.3. The summed E-state index contributed by atoms with van der Waals surface area (Å²) >= 11 is 0. The van der Waals surface area contributed by atoms with Crippen LogP contribution < -0.4 is 20.1 Å². The van der Waals surface area contributed by atoms with Gasteiger partial charge in [0.05, 0.1) is 13.7 Å². The van der Waals surface area contributed by atoms with Crippen LogP contribution in [0.1, 0.15) is 33.1 Å². The number of amides is 1. The third kappa shape index (κ3) is 8.67. The first kappa shape index (κ1) is 25.3. The average Bonchev–Trinajstić information content (AvgIpc) is 2.71. The predicted molar refractivity (Wildman–Crippen MR) is 127 cm³/mol. The monoisotopic (exact) mass is 518 g/mol. The maximum absolute atomic E-state index is 11.6. The Morgan fingerprint density at radius 1 is 1.31 bits per heavy atom. The van der Waals surface area contributed by atoms with Gasteiger partial charge in [-0.05, 0) is 44.7 Å². The first-order chi connectivity index (χ1) is 13.5. The minimum Gasteiger partial charge on any atom is -0.497 e. The number of benzene rings is 1. The molecule has 0 saturated carbocycles. The van der Waals surface area contributed by atoms with Gasteiger partial charge < -0.3 is 25.0 Å². The van der Waals surface area contributed by atoms with Gasteiger partial charge in [-0.1, -0.05) is 6.07 Å². The Morgan fingerprint density at radius 2 is 2.00 bits per heavy atom. The van der Waals surface area contributed by atoms with Crippen molar-refractivity contribution in [3.05, 3.63) is 24.3 Å². The maximum atomic E-state index is 11.6. The Morgan fingerprint density at radius 3 is 2.62 bits per heavy atom. The quantitative estimate of drug-likeness (QED) is 0.315. The number of methoxy groups -OCH3 is 1. The number of carbonyl (C=O) groups excluding carboxylic acids is 1. The Hall–Kier alpha value is -1.71. The second-order valence-electron chi connectivity index (χ2n) is 7.11. The number of rotatable bonds is 8. The number of halogens is 1. The van der Waals surface area contributed by atoms with Crippen LogP contribution >= 0.6 is 24.0 Å². The lowest BCUT2D eigenvalue weighted by molar-refractivity contribution is -0.121. The van der Waals surface area contributed by atoms with Crippen LogP contribution in [0, 0.1) is 5.92 Å². The van der Waals surface area contributed by atoms with E-state index in [1.54, 1.807) is 14.2 Å². The molecule has 0 bridgehead atoms. The number of nitrogens with zero attached hydrogens (tertiary/aromatic N) is 2. The predicted octanol–water partition coefficient (Wildman–Crippen LogP) is 2.89. The highest BCUT2D eigenvalue weighted by Gasteiger charge is 2.23. The molecule has 1 aliphatic rings. The van der Waals surface area contributed by atoms with Gasteiger partial charge in [0, 0.05) is 39.2 Å². The molecule has 1 aromatic rings. The van der Waals surface area contributed by atoms with E-state index in [0.717, 1.165) is 49.9 Å². The van der Waals surface area contributed by atoms with Crippen LogP contribution in [0.4, 0.5) is 0 Å². The smallest absolute Gasteiger partial charge is 0.220 e. The second-order valence-corrected chi connectivity index (χ2v) is 7.11. The highest BCUT2D eigenvalue weighted by Crippen LogP contribution is 2.21. The van der Waals surface area contributed by atoms with Crippen molar-refractivity contribution in [2.45, 2.75) is 39.2 Å². The van der Waals surface area contributed by atoms with Crippen LogP contribution in [-0.2, 0) is 4.79 Å². The van der Waals surface area contributed by atoms with Crippen molar-refractivity contribution >= 4 is 35.8 Å². The molecular weight excluding hydrogens is 483 g/mol. The van der Waals surface area contributed by atoms with Gasteiger partial charge in [0.1, 0.15) is 17.6 Å². The lowest BCUT2D eigenvalue weighted by Gasteiger charge is -2.34. The summed E-state index contributed by atoms with van der Waals surface area (Å²) in [5, 5.41) is 6.09. The standard InChI is InChI=1S/C21H34N4O3.HI/c1-5-23-21(25-11-9-17(10-12-25)13-20(26)22-3)24-15-16(2)28-19-8-6-7-18(14-19)27-4;/h6-8,14,16-17H,5,9-13,15H2,1-4H3,(H,22,26)(H,23,24);1H. The van der Waals surface area contributed by atoms with Gasteiger partial charge in [-0.2, -0.15) is 0 Å². The van der Waals surface area contributed by atoms with Gasteiger partial charge >= 0.3 is 0 Å². The molecule has 1 aromatic carbocycles. The molecule has 0 spiro atoms. The summed E-state index contributed by atoms with van der Waals surface area (Å²) in [6.45, 7) is 7.31. The van der Waals surface area contributed by atoms with Crippen LogP contribution in [0.25, 0.3) is 0 Å². The minimum absolute atomic E-state index is 0. The summed E-state index contributed by atoms with van der Waals surface area (Å²) < 4.78 is 11.2. The first-order valence-electron chi connectivity index (χ1n) is 10.1. The van der Waals surface area contributed by atoms with Gasteiger partial charge in [0.25, 0.3) is 0 Å². The third-order valence-electron chi connectivity index (χ3n) is 4.88. The normalized spacial score (nSPS) is 15.9. The molecule has 1 unspecified atom stereocenters. The third-order valence-corrected chi connectivity index (χ3v) is 4.88. The van der Waals surface area contributed by atoms with E-state index in [9.17, 15) is 4.79 Å². The molecule has 1 aliphatic heterocycles. The van der Waals surface area contributed by atoms with E-state index in [-0.39, 0.29) is 36.0 Å². The lowest BCUT2D eigenvalue weighted by atomic mass is 9.93. The van der Waals surface area contributed by atoms with Crippen LogP contribution in [0.2, 0.25) is 0 Å². The van der Waals surface area contributed by atoms with Crippen molar-refractivity contribution in [3.63, 3.8) is 0 Å². The molecular formula is C21H35IN4O3. The molecule has 2 rings (SSSR count). The van der Waals surface area contributed by atoms with E-state index in [1.165, 1.54) is 0 Å². The molecule has 164 valence electrons. The van der Waals surface area contributed by atoms with Crippen molar-refractivity contribution in [1.82, 2.24) is 15.5 Å². The van der Waals surface area contributed by atoms with Gasteiger partial charge in [-0.25, -0.2) is 4.99 Å². The van der Waals surface area contributed by atoms with Crippen molar-refractivity contribution < 1.29 is 14.3 Å². The number of guanidine groups is 1. The second kappa shape index (κ2) is 13.5. The zero-order valence-electron chi connectivity index (χ0n) is 17.9. The van der Waals surface area contributed by atoms with E-state index in [4.69, 9.17) is 14.5 Å². The fourth-order valence-corrected chi connectivity index (χ4v) is 3.30. The molecule has 1 saturated heterocycles. The van der Waals surface area contributed by atoms with Crippen LogP contribution in [0.3, 0.4) is 0 Å². The molecule has 1 heterocycles. The van der Waals surface area contributed by atoms with Gasteiger partial charge in [0.2, 0.25) is 5.91 Å². The largest absolute Gasteiger partial charge is 0.497 e. The van der Waals surface area contributed by atoms with Crippen LogP contribution in [0.5, 0.6) is 11.5 Å². The van der Waals surface area contributed by atoms with E-state index < -0.39 is 0 Å². The number of aliphatic imine (C=N–C) groups is 1. The molecule has 0 radical (unpaired) electrons. The van der Waals surface area contributed by atoms with Gasteiger partial charge in [-0.3, -0.25) is 4.79 Å². The van der Waals surface area contributed by atoms with E-state index in [0.29, 0.717) is 18.9 Å². The Kier molecular flexibility index (Phi) is 11.8. The summed E-state index contributed by atoms with van der Waals surface area (Å²) in [6, 6.07) is 7.61. The van der Waals surface area contributed by atoms with Crippen LogP contribution in [0.15, 0.2) is 29.3 Å². The molecule has 0 aromatic heterocycles. The fourth-order valence-electron chi connectivity index (χ4n) is 3.30. The summed E-state index contributed by atoms with van der Waals surface area (Å²) in [6.07, 6.45) is 2.58. The number of nitrogens with one attached hydrogen (secondary N) is 2. The fraction of sp³-hybridized carbons (Fsp3) is 0.619. The summed E-state index contributed by atoms with van der Waals surface area (Å²) in [7, 11) is 3.34. The van der Waals surface area contributed by atoms with Gasteiger partial charge in [-0.15, -0.1) is 24.0 Å². The summed E-state index contributed by atoms with van der Waals surface area (Å²) in [5.41, 5.74) is 0. The maximum Gasteiger partial charge on any atom is 0.220 e. The molecule has 0 aliphatic carbocycles. The van der Waals surface area contributed by atoms with Crippen LogP contribution in [-0.4, -0.2) is 63.2 Å². The summed E-state index contributed by atoms with van der Waals surface area (Å²) in [4.78, 5) is 18.6. The number of hydrogen-bond donors (Lipinski definition) is 2. The topological polar surface area (TPSA) is 75.2 Å². The SMILES string of the molecule is CCNC(=NCC(C)Oc1cccc(OC)c1)N1CCC(CC(=O)NC)CC1.I. The number of carbonyl (C=O) groups is 1. The van der Waals surface area contributed by atoms with E-state index >= 15 is 0 Å². The van der Waals surface area contributed by atoms with Crippen molar-refractivity contribution in [3.8, 4) is 11.5 Å². The Bertz CT molecular complexity index is 649. The molecule has 8 heteroatoms. The van der Waals surface area contributed by atoms with Crippen molar-refractivity contribution in [2.24, 2.45) is 10.9 Å². The average molecular weight is 518 g/mol. The Labute approximate surface area is 191 Å². The van der Waals surface area contributed by atoms with E-state index in [2.05, 4.69) is 22.5 Å².